The molecular formula is C11H16N2O4. The van der Waals surface area contributed by atoms with E-state index in [2.05, 4.69) is 5.10 Å². The van der Waals surface area contributed by atoms with E-state index in [-0.39, 0.29) is 6.04 Å². The van der Waals surface area contributed by atoms with Crippen LogP contribution in [0, 0.1) is 5.92 Å². The Hall–Kier alpha value is -1.43. The minimum absolute atomic E-state index is 0.370. The first kappa shape index (κ1) is 12.0. The Labute approximate surface area is 98.9 Å². The van der Waals surface area contributed by atoms with Crippen molar-refractivity contribution in [1.29, 1.82) is 0 Å². The van der Waals surface area contributed by atoms with Crippen LogP contribution in [0.5, 0.6) is 0 Å². The van der Waals surface area contributed by atoms with Crippen molar-refractivity contribution in [3.8, 4) is 0 Å². The number of carbonyl (C=O) groups excluding carboxylic acids is 1. The molecule has 6 heteroatoms. The maximum absolute atomic E-state index is 11.8. The highest BCUT2D eigenvalue weighted by Gasteiger charge is 2.40. The second-order valence-corrected chi connectivity index (χ2v) is 4.54. The Morgan fingerprint density at radius 1 is 1.35 bits per heavy atom. The van der Waals surface area contributed by atoms with E-state index >= 15 is 0 Å². The molecule has 1 heterocycles. The number of amides is 1. The van der Waals surface area contributed by atoms with Crippen molar-refractivity contribution in [2.45, 2.75) is 44.2 Å². The van der Waals surface area contributed by atoms with Crippen LogP contribution >= 0.6 is 0 Å². The average Bonchev–Trinajstić information content (AvgIpc) is 2.52. The van der Waals surface area contributed by atoms with Gasteiger partial charge in [0.2, 0.25) is 0 Å². The molecule has 0 aromatic rings. The largest absolute Gasteiger partial charge is 0.480 e. The molecule has 0 spiro atoms. The van der Waals surface area contributed by atoms with Gasteiger partial charge in [-0.1, -0.05) is 19.3 Å². The number of aliphatic carboxylic acids is 1. The first-order valence-corrected chi connectivity index (χ1v) is 5.89. The molecule has 3 atom stereocenters. The summed E-state index contributed by atoms with van der Waals surface area (Å²) < 4.78 is 0. The predicted octanol–water partition coefficient (Wildman–Crippen LogP) is 0.209. The van der Waals surface area contributed by atoms with Crippen LogP contribution in [0.2, 0.25) is 0 Å². The van der Waals surface area contributed by atoms with Crippen LogP contribution in [0.4, 0.5) is 0 Å². The number of hydrazone groups is 1. The topological polar surface area (TPSA) is 90.2 Å². The second-order valence-electron chi connectivity index (χ2n) is 4.54. The molecule has 94 valence electrons. The van der Waals surface area contributed by atoms with Crippen LogP contribution in [0.25, 0.3) is 0 Å². The summed E-state index contributed by atoms with van der Waals surface area (Å²) in [5.74, 6) is -2.92. The molecule has 0 aromatic heterocycles. The van der Waals surface area contributed by atoms with E-state index in [1.165, 1.54) is 0 Å². The molecule has 2 aliphatic rings. The van der Waals surface area contributed by atoms with Crippen LogP contribution in [0.3, 0.4) is 0 Å². The second kappa shape index (κ2) is 4.83. The molecule has 1 amide bonds. The zero-order valence-corrected chi connectivity index (χ0v) is 9.45. The molecule has 6 nitrogen and oxygen atoms in total. The van der Waals surface area contributed by atoms with Gasteiger partial charge in [-0.3, -0.25) is 9.59 Å². The van der Waals surface area contributed by atoms with Gasteiger partial charge in [-0.15, -0.1) is 0 Å². The summed E-state index contributed by atoms with van der Waals surface area (Å²) in [4.78, 5) is 22.6. The van der Waals surface area contributed by atoms with Gasteiger partial charge in [-0.05, 0) is 12.8 Å². The number of carbonyl (C=O) groups is 2. The fraction of sp³-hybridized carbons (Fsp3) is 0.727. The Bertz CT molecular complexity index is 355. The maximum Gasteiger partial charge on any atom is 0.321 e. The molecule has 0 saturated heterocycles. The predicted molar refractivity (Wildman–Crippen MR) is 59.3 cm³/mol. The number of carboxylic acids is 1. The van der Waals surface area contributed by atoms with Crippen molar-refractivity contribution in [2.75, 3.05) is 0 Å². The number of aliphatic hydroxyl groups is 1. The summed E-state index contributed by atoms with van der Waals surface area (Å²) in [7, 11) is 0. The summed E-state index contributed by atoms with van der Waals surface area (Å²) in [5, 5.41) is 23.8. The standard InChI is InChI=1S/C11H16N2O4/c14-9-5-3-1-2-4-8(9)13-10(15)7(6-12-13)11(16)17/h6-9,14H,1-5H2,(H,16,17). The van der Waals surface area contributed by atoms with E-state index in [1.54, 1.807) is 0 Å². The van der Waals surface area contributed by atoms with Crippen molar-refractivity contribution >= 4 is 18.1 Å². The fourth-order valence-corrected chi connectivity index (χ4v) is 2.37. The van der Waals surface area contributed by atoms with Gasteiger partial charge >= 0.3 is 5.97 Å². The van der Waals surface area contributed by atoms with Crippen LogP contribution in [0.1, 0.15) is 32.1 Å². The molecule has 17 heavy (non-hydrogen) atoms. The number of aliphatic hydroxyl groups excluding tert-OH is 1. The third-order valence-corrected chi connectivity index (χ3v) is 3.36. The van der Waals surface area contributed by atoms with Gasteiger partial charge < -0.3 is 10.2 Å². The number of carboxylic acid groups (broad SMARTS) is 1. The Kier molecular flexibility index (Phi) is 3.42. The summed E-state index contributed by atoms with van der Waals surface area (Å²) in [6.07, 6.45) is 4.75. The highest BCUT2D eigenvalue weighted by molar-refractivity contribution is 6.13. The van der Waals surface area contributed by atoms with Crippen molar-refractivity contribution in [2.24, 2.45) is 11.0 Å². The zero-order chi connectivity index (χ0) is 12.4. The van der Waals surface area contributed by atoms with Crippen molar-refractivity contribution < 1.29 is 19.8 Å². The van der Waals surface area contributed by atoms with Gasteiger partial charge in [0.25, 0.3) is 5.91 Å². The van der Waals surface area contributed by atoms with Crippen LogP contribution in [0.15, 0.2) is 5.10 Å². The van der Waals surface area contributed by atoms with E-state index < -0.39 is 23.9 Å². The van der Waals surface area contributed by atoms with E-state index in [0.717, 1.165) is 30.5 Å². The van der Waals surface area contributed by atoms with Gasteiger partial charge in [0.05, 0.1) is 12.1 Å². The lowest BCUT2D eigenvalue weighted by atomic mass is 10.0. The monoisotopic (exact) mass is 240 g/mol. The third kappa shape index (κ3) is 2.31. The molecule has 1 aliphatic carbocycles. The maximum atomic E-state index is 11.8. The van der Waals surface area contributed by atoms with Crippen LogP contribution < -0.4 is 0 Å². The molecule has 1 fully saturated rings. The Balaban J connectivity index is 2.10. The van der Waals surface area contributed by atoms with Crippen LogP contribution in [-0.2, 0) is 9.59 Å². The van der Waals surface area contributed by atoms with Crippen molar-refractivity contribution in [1.82, 2.24) is 5.01 Å². The van der Waals surface area contributed by atoms with Crippen LogP contribution in [-0.4, -0.2) is 45.5 Å². The van der Waals surface area contributed by atoms with E-state index in [9.17, 15) is 14.7 Å². The molecular weight excluding hydrogens is 224 g/mol. The SMILES string of the molecule is O=C(O)C1C=NN(C2CCCCCC2O)C1=O. The van der Waals surface area contributed by atoms with Gasteiger partial charge in [0, 0.05) is 6.21 Å². The number of nitrogens with zero attached hydrogens (tertiary/aromatic N) is 2. The summed E-state index contributed by atoms with van der Waals surface area (Å²) in [6, 6.07) is -0.370. The minimum atomic E-state index is -1.19. The highest BCUT2D eigenvalue weighted by atomic mass is 16.4. The lowest BCUT2D eigenvalue weighted by Gasteiger charge is -2.27. The third-order valence-electron chi connectivity index (χ3n) is 3.36. The lowest BCUT2D eigenvalue weighted by molar-refractivity contribution is -0.148. The summed E-state index contributed by atoms with van der Waals surface area (Å²) >= 11 is 0. The highest BCUT2D eigenvalue weighted by Crippen LogP contribution is 2.26. The summed E-state index contributed by atoms with van der Waals surface area (Å²) in [6.45, 7) is 0. The molecule has 2 rings (SSSR count). The van der Waals surface area contributed by atoms with E-state index in [4.69, 9.17) is 5.11 Å². The number of rotatable bonds is 2. The van der Waals surface area contributed by atoms with E-state index in [0.29, 0.717) is 12.8 Å². The first-order chi connectivity index (χ1) is 8.11. The Morgan fingerprint density at radius 3 is 2.71 bits per heavy atom. The van der Waals surface area contributed by atoms with Gasteiger partial charge in [0.15, 0.2) is 5.92 Å². The van der Waals surface area contributed by atoms with Gasteiger partial charge in [0.1, 0.15) is 0 Å². The van der Waals surface area contributed by atoms with Gasteiger partial charge in [-0.25, -0.2) is 5.01 Å². The molecule has 0 bridgehead atoms. The minimum Gasteiger partial charge on any atom is -0.480 e. The molecule has 0 aromatic carbocycles. The quantitative estimate of drug-likeness (QED) is 0.533. The van der Waals surface area contributed by atoms with Gasteiger partial charge in [-0.2, -0.15) is 5.10 Å². The fourth-order valence-electron chi connectivity index (χ4n) is 2.37. The molecule has 1 aliphatic heterocycles. The Morgan fingerprint density at radius 2 is 2.06 bits per heavy atom. The van der Waals surface area contributed by atoms with Crippen molar-refractivity contribution in [3.63, 3.8) is 0 Å². The molecule has 0 radical (unpaired) electrons. The van der Waals surface area contributed by atoms with Crippen molar-refractivity contribution in [3.05, 3.63) is 0 Å². The molecule has 3 unspecified atom stereocenters. The zero-order valence-electron chi connectivity index (χ0n) is 9.45. The molecule has 1 saturated carbocycles. The normalized spacial score (nSPS) is 33.8. The average molecular weight is 240 g/mol. The lowest BCUT2D eigenvalue weighted by Crippen LogP contribution is -2.44. The molecule has 2 N–H and O–H groups in total. The summed E-state index contributed by atoms with van der Waals surface area (Å²) in [5.41, 5.74) is 0. The number of hydrogen-bond acceptors (Lipinski definition) is 4. The smallest absolute Gasteiger partial charge is 0.321 e. The van der Waals surface area contributed by atoms with E-state index in [1.807, 2.05) is 0 Å². The first-order valence-electron chi connectivity index (χ1n) is 5.89. The number of hydrogen-bond donors (Lipinski definition) is 2.